The molecule has 1 N–H and O–H groups in total. The summed E-state index contributed by atoms with van der Waals surface area (Å²) < 4.78 is 20.4. The Balaban J connectivity index is 1.70. The number of hydrogen-bond donors (Lipinski definition) is 1. The van der Waals surface area contributed by atoms with Crippen molar-refractivity contribution in [2.45, 2.75) is 25.9 Å². The molecular formula is C22H18Cl2FN3O2. The average Bonchev–Trinajstić information content (AvgIpc) is 3.35. The van der Waals surface area contributed by atoms with Crippen molar-refractivity contribution in [2.75, 3.05) is 0 Å². The summed E-state index contributed by atoms with van der Waals surface area (Å²) in [5, 5.41) is 3.64. The smallest absolute Gasteiger partial charge is 0.243 e. The second-order valence-corrected chi connectivity index (χ2v) is 7.74. The first-order chi connectivity index (χ1) is 14.4. The highest BCUT2D eigenvalue weighted by Gasteiger charge is 2.23. The molecule has 0 fully saturated rings. The van der Waals surface area contributed by atoms with Crippen LogP contribution in [0.4, 0.5) is 4.39 Å². The Kier molecular flexibility index (Phi) is 5.79. The number of carbonyl (C=O) groups is 1. The first-order valence-corrected chi connectivity index (χ1v) is 10.1. The molecule has 154 valence electrons. The highest BCUT2D eigenvalue weighted by Crippen LogP contribution is 2.31. The van der Waals surface area contributed by atoms with Crippen LogP contribution in [0.2, 0.25) is 10.0 Å². The number of rotatable bonds is 6. The Morgan fingerprint density at radius 3 is 2.63 bits per heavy atom. The maximum Gasteiger partial charge on any atom is 0.243 e. The lowest BCUT2D eigenvalue weighted by molar-refractivity contribution is -0.124. The Hall–Kier alpha value is -2.83. The summed E-state index contributed by atoms with van der Waals surface area (Å²) in [6, 6.07) is 12.6. The standard InChI is InChI=1S/C22H18Cl2FN3O2/c1-13(22(29)26-12-16-3-2-8-30-16)28-20-11-18(24)17(23)10-19(20)27-21(28)9-14-4-6-15(25)7-5-14/h2-8,10-11,13H,9,12H2,1H3,(H,26,29)/t13-/m1/s1. The number of halogens is 3. The highest BCUT2D eigenvalue weighted by atomic mass is 35.5. The first kappa shape index (κ1) is 20.4. The van der Waals surface area contributed by atoms with Crippen LogP contribution in [0.5, 0.6) is 0 Å². The molecule has 0 radical (unpaired) electrons. The van der Waals surface area contributed by atoms with Crippen molar-refractivity contribution in [3.63, 3.8) is 0 Å². The molecule has 2 aromatic heterocycles. The van der Waals surface area contributed by atoms with Crippen LogP contribution in [0, 0.1) is 5.82 Å². The Labute approximate surface area is 182 Å². The molecule has 0 aliphatic carbocycles. The van der Waals surface area contributed by atoms with E-state index >= 15 is 0 Å². The van der Waals surface area contributed by atoms with Gasteiger partial charge < -0.3 is 14.3 Å². The van der Waals surface area contributed by atoms with Crippen LogP contribution in [0.15, 0.2) is 59.2 Å². The monoisotopic (exact) mass is 445 g/mol. The molecule has 2 aromatic carbocycles. The summed E-state index contributed by atoms with van der Waals surface area (Å²) in [6.07, 6.45) is 1.97. The fourth-order valence-electron chi connectivity index (χ4n) is 3.33. The number of nitrogens with one attached hydrogen (secondary N) is 1. The molecule has 0 bridgehead atoms. The molecule has 0 aliphatic rings. The second-order valence-electron chi connectivity index (χ2n) is 6.93. The van der Waals surface area contributed by atoms with E-state index < -0.39 is 6.04 Å². The van der Waals surface area contributed by atoms with Gasteiger partial charge in [-0.2, -0.15) is 0 Å². The van der Waals surface area contributed by atoms with Gasteiger partial charge in [-0.25, -0.2) is 9.37 Å². The molecule has 30 heavy (non-hydrogen) atoms. The second kappa shape index (κ2) is 8.50. The molecule has 0 spiro atoms. The van der Waals surface area contributed by atoms with E-state index in [0.717, 1.165) is 5.56 Å². The number of nitrogens with zero attached hydrogens (tertiary/aromatic N) is 2. The van der Waals surface area contributed by atoms with Crippen LogP contribution in [-0.4, -0.2) is 15.5 Å². The predicted molar refractivity (Wildman–Crippen MR) is 114 cm³/mol. The summed E-state index contributed by atoms with van der Waals surface area (Å²) in [7, 11) is 0. The van der Waals surface area contributed by atoms with Crippen LogP contribution in [0.25, 0.3) is 11.0 Å². The zero-order valence-electron chi connectivity index (χ0n) is 16.0. The minimum absolute atomic E-state index is 0.197. The summed E-state index contributed by atoms with van der Waals surface area (Å²) in [6.45, 7) is 2.07. The molecule has 0 aliphatic heterocycles. The van der Waals surface area contributed by atoms with Crippen LogP contribution in [0.3, 0.4) is 0 Å². The lowest BCUT2D eigenvalue weighted by atomic mass is 10.1. The zero-order valence-corrected chi connectivity index (χ0v) is 17.5. The largest absolute Gasteiger partial charge is 0.467 e. The molecule has 4 aromatic rings. The Bertz CT molecular complexity index is 1190. The Morgan fingerprint density at radius 1 is 1.20 bits per heavy atom. The number of imidazole rings is 1. The SMILES string of the molecule is C[C@H](C(=O)NCc1ccco1)n1c(Cc2ccc(F)cc2)nc2cc(Cl)c(Cl)cc21. The van der Waals surface area contributed by atoms with Gasteiger partial charge in [0.25, 0.3) is 0 Å². The third kappa shape index (κ3) is 4.20. The van der Waals surface area contributed by atoms with Crippen LogP contribution < -0.4 is 5.32 Å². The fourth-order valence-corrected chi connectivity index (χ4v) is 3.65. The van der Waals surface area contributed by atoms with Crippen molar-refractivity contribution in [1.82, 2.24) is 14.9 Å². The zero-order chi connectivity index (χ0) is 21.3. The minimum atomic E-state index is -0.572. The molecule has 4 rings (SSSR count). The van der Waals surface area contributed by atoms with Crippen LogP contribution in [0.1, 0.15) is 30.1 Å². The fraction of sp³-hybridized carbons (Fsp3) is 0.182. The van der Waals surface area contributed by atoms with E-state index in [4.69, 9.17) is 27.6 Å². The maximum atomic E-state index is 13.3. The van der Waals surface area contributed by atoms with Crippen LogP contribution >= 0.6 is 23.2 Å². The van der Waals surface area contributed by atoms with Crippen molar-refractivity contribution in [3.05, 3.63) is 87.8 Å². The normalized spacial score (nSPS) is 12.3. The number of amides is 1. The number of carbonyl (C=O) groups excluding carboxylic acids is 1. The molecule has 8 heteroatoms. The summed E-state index contributed by atoms with van der Waals surface area (Å²) >= 11 is 12.4. The van der Waals surface area contributed by atoms with E-state index in [1.54, 1.807) is 49.6 Å². The van der Waals surface area contributed by atoms with E-state index in [1.165, 1.54) is 12.1 Å². The van der Waals surface area contributed by atoms with Gasteiger partial charge in [-0.3, -0.25) is 4.79 Å². The van der Waals surface area contributed by atoms with Crippen molar-refractivity contribution in [1.29, 1.82) is 0 Å². The molecule has 2 heterocycles. The first-order valence-electron chi connectivity index (χ1n) is 9.33. The molecule has 1 atom stereocenters. The third-order valence-electron chi connectivity index (χ3n) is 4.86. The van der Waals surface area contributed by atoms with Gasteiger partial charge in [0.05, 0.1) is 33.9 Å². The van der Waals surface area contributed by atoms with E-state index in [9.17, 15) is 9.18 Å². The molecule has 0 saturated carbocycles. The number of fused-ring (bicyclic) bond motifs is 1. The Morgan fingerprint density at radius 2 is 1.93 bits per heavy atom. The number of aromatic nitrogens is 2. The number of benzene rings is 2. The number of hydrogen-bond acceptors (Lipinski definition) is 3. The van der Waals surface area contributed by atoms with Gasteiger partial charge >= 0.3 is 0 Å². The van der Waals surface area contributed by atoms with Gasteiger partial charge in [0.1, 0.15) is 23.4 Å². The predicted octanol–water partition coefficient (Wildman–Crippen LogP) is 5.54. The molecule has 5 nitrogen and oxygen atoms in total. The highest BCUT2D eigenvalue weighted by molar-refractivity contribution is 6.42. The van der Waals surface area contributed by atoms with Gasteiger partial charge in [-0.05, 0) is 48.9 Å². The average molecular weight is 446 g/mol. The van der Waals surface area contributed by atoms with Gasteiger partial charge in [-0.1, -0.05) is 35.3 Å². The van der Waals surface area contributed by atoms with Gasteiger partial charge in [0.15, 0.2) is 0 Å². The topological polar surface area (TPSA) is 60.1 Å². The molecule has 0 unspecified atom stereocenters. The minimum Gasteiger partial charge on any atom is -0.467 e. The quantitative estimate of drug-likeness (QED) is 0.423. The third-order valence-corrected chi connectivity index (χ3v) is 5.59. The van der Waals surface area contributed by atoms with Crippen LogP contribution in [-0.2, 0) is 17.8 Å². The summed E-state index contributed by atoms with van der Waals surface area (Å²) in [5.74, 6) is 0.802. The lowest BCUT2D eigenvalue weighted by Crippen LogP contribution is -2.31. The van der Waals surface area contributed by atoms with E-state index in [0.29, 0.717) is 39.1 Å². The molecule has 1 amide bonds. The summed E-state index contributed by atoms with van der Waals surface area (Å²) in [4.78, 5) is 17.5. The van der Waals surface area contributed by atoms with Crippen molar-refractivity contribution < 1.29 is 13.6 Å². The van der Waals surface area contributed by atoms with Crippen molar-refractivity contribution in [3.8, 4) is 0 Å². The lowest BCUT2D eigenvalue weighted by Gasteiger charge is -2.17. The molecule has 0 saturated heterocycles. The van der Waals surface area contributed by atoms with Crippen molar-refractivity contribution in [2.24, 2.45) is 0 Å². The molecular weight excluding hydrogens is 428 g/mol. The van der Waals surface area contributed by atoms with E-state index in [1.807, 2.05) is 4.57 Å². The number of furan rings is 1. The van der Waals surface area contributed by atoms with Crippen molar-refractivity contribution >= 4 is 40.1 Å². The van der Waals surface area contributed by atoms with E-state index in [-0.39, 0.29) is 18.3 Å². The van der Waals surface area contributed by atoms with Gasteiger partial charge in [0, 0.05) is 6.42 Å². The summed E-state index contributed by atoms with van der Waals surface area (Å²) in [5.41, 5.74) is 2.20. The van der Waals surface area contributed by atoms with Gasteiger partial charge in [0.2, 0.25) is 5.91 Å². The maximum absolute atomic E-state index is 13.3. The van der Waals surface area contributed by atoms with E-state index in [2.05, 4.69) is 10.3 Å². The van der Waals surface area contributed by atoms with Gasteiger partial charge in [-0.15, -0.1) is 0 Å².